The van der Waals surface area contributed by atoms with Gasteiger partial charge >= 0.3 is 0 Å². The van der Waals surface area contributed by atoms with E-state index in [0.717, 1.165) is 0 Å². The second-order valence-electron chi connectivity index (χ2n) is 5.85. The Kier molecular flexibility index (Phi) is 5.31. The van der Waals surface area contributed by atoms with Gasteiger partial charge < -0.3 is 55.4 Å². The zero-order valence-electron chi connectivity index (χ0n) is 12.0. The van der Waals surface area contributed by atoms with E-state index in [2.05, 4.69) is 0 Å². The van der Waals surface area contributed by atoms with Crippen molar-refractivity contribution in [2.45, 2.75) is 54.1 Å². The van der Waals surface area contributed by atoms with E-state index in [1.54, 1.807) is 0 Å². The van der Waals surface area contributed by atoms with E-state index in [-0.39, 0.29) is 0 Å². The van der Waals surface area contributed by atoms with Gasteiger partial charge in [-0.3, -0.25) is 0 Å². The van der Waals surface area contributed by atoms with Gasteiger partial charge in [0.05, 0.1) is 19.8 Å². The molecule has 0 aromatic heterocycles. The summed E-state index contributed by atoms with van der Waals surface area (Å²) in [4.78, 5) is 0. The molecule has 9 N–H and O–H groups in total. The maximum atomic E-state index is 10.7. The molecule has 0 radical (unpaired) electrons. The van der Waals surface area contributed by atoms with Gasteiger partial charge in [0.2, 0.25) is 0 Å². The van der Waals surface area contributed by atoms with Crippen LogP contribution in [0, 0.1) is 0 Å². The Morgan fingerprint density at radius 2 is 1.48 bits per heavy atom. The summed E-state index contributed by atoms with van der Waals surface area (Å²) in [5.41, 5.74) is -5.66. The van der Waals surface area contributed by atoms with Crippen molar-refractivity contribution in [2.75, 3.05) is 19.8 Å². The van der Waals surface area contributed by atoms with Gasteiger partial charge in [-0.2, -0.15) is 0 Å². The van der Waals surface area contributed by atoms with Crippen molar-refractivity contribution in [1.82, 2.24) is 0 Å². The SMILES string of the molecule is OC[C@H]1OC[C@@](O)([C@]2(O)[C@H](O)[C@H](O)[C@@H](O)O[C@@H]2CO)[C@@H](O)[C@@H]1O. The van der Waals surface area contributed by atoms with Crippen LogP contribution in [0.5, 0.6) is 0 Å². The molecule has 0 spiro atoms. The quantitative estimate of drug-likeness (QED) is 0.236. The standard InChI is InChI=1S/C12H22O11/c13-1-4-6(15)8(17)11(20,3-22-4)12(21)5(2-14)23-10(19)7(16)9(12)18/h4-10,13-21H,1-3H2/t4-,5-,6-,7+,8+,9-,10+,11+,12-/m1/s1. The van der Waals surface area contributed by atoms with Crippen LogP contribution in [-0.2, 0) is 9.47 Å². The lowest BCUT2D eigenvalue weighted by Gasteiger charge is -2.57. The van der Waals surface area contributed by atoms with Crippen molar-refractivity contribution in [3.63, 3.8) is 0 Å². The molecule has 11 heteroatoms. The van der Waals surface area contributed by atoms with Crippen LogP contribution in [0.4, 0.5) is 0 Å². The number of aliphatic hydroxyl groups excluding tert-OH is 7. The summed E-state index contributed by atoms with van der Waals surface area (Å²) in [5, 5.41) is 89.0. The third kappa shape index (κ3) is 2.58. The molecule has 2 rings (SSSR count). The first-order valence-corrected chi connectivity index (χ1v) is 6.99. The third-order valence-corrected chi connectivity index (χ3v) is 4.61. The maximum Gasteiger partial charge on any atom is 0.184 e. The molecule has 0 bridgehead atoms. The smallest absolute Gasteiger partial charge is 0.184 e. The highest BCUT2D eigenvalue weighted by atomic mass is 16.6. The highest BCUT2D eigenvalue weighted by Crippen LogP contribution is 2.42. The van der Waals surface area contributed by atoms with Crippen molar-refractivity contribution in [3.8, 4) is 0 Å². The maximum absolute atomic E-state index is 10.7. The highest BCUT2D eigenvalue weighted by molar-refractivity contribution is 5.18. The van der Waals surface area contributed by atoms with E-state index in [0.29, 0.717) is 0 Å². The van der Waals surface area contributed by atoms with Crippen molar-refractivity contribution in [2.24, 2.45) is 0 Å². The van der Waals surface area contributed by atoms with Crippen LogP contribution >= 0.6 is 0 Å². The molecule has 2 fully saturated rings. The number of ether oxygens (including phenoxy) is 2. The zero-order chi connectivity index (χ0) is 17.6. The average Bonchev–Trinajstić information content (AvgIpc) is 2.54. The van der Waals surface area contributed by atoms with Gasteiger partial charge in [-0.25, -0.2) is 0 Å². The minimum Gasteiger partial charge on any atom is -0.394 e. The summed E-state index contributed by atoms with van der Waals surface area (Å²) in [5.74, 6) is 0. The van der Waals surface area contributed by atoms with E-state index in [4.69, 9.17) is 14.6 Å². The first kappa shape index (κ1) is 18.9. The second-order valence-corrected chi connectivity index (χ2v) is 5.85. The molecular formula is C12H22O11. The Morgan fingerprint density at radius 1 is 0.870 bits per heavy atom. The molecule has 0 unspecified atom stereocenters. The molecule has 0 saturated carbocycles. The van der Waals surface area contributed by atoms with Crippen molar-refractivity contribution < 1.29 is 55.4 Å². The number of rotatable bonds is 3. The van der Waals surface area contributed by atoms with Crippen LogP contribution in [0.3, 0.4) is 0 Å². The summed E-state index contributed by atoms with van der Waals surface area (Å²) < 4.78 is 9.76. The Hall–Kier alpha value is -0.440. The van der Waals surface area contributed by atoms with Crippen molar-refractivity contribution in [3.05, 3.63) is 0 Å². The Labute approximate surface area is 130 Å². The van der Waals surface area contributed by atoms with Crippen LogP contribution in [0.15, 0.2) is 0 Å². The summed E-state index contributed by atoms with van der Waals surface area (Å²) >= 11 is 0. The number of hydrogen-bond donors (Lipinski definition) is 9. The topological polar surface area (TPSA) is 201 Å². The van der Waals surface area contributed by atoms with Crippen LogP contribution in [0.1, 0.15) is 0 Å². The molecule has 0 amide bonds. The molecule has 0 aromatic carbocycles. The fourth-order valence-corrected chi connectivity index (χ4v) is 3.09. The lowest BCUT2D eigenvalue weighted by molar-refractivity contribution is -0.387. The van der Waals surface area contributed by atoms with Gasteiger partial charge in [0.1, 0.15) is 36.6 Å². The van der Waals surface area contributed by atoms with Gasteiger partial charge in [0.25, 0.3) is 0 Å². The van der Waals surface area contributed by atoms with E-state index in [9.17, 15) is 40.9 Å². The molecule has 136 valence electrons. The minimum absolute atomic E-state index is 0.684. The first-order valence-electron chi connectivity index (χ1n) is 6.99. The normalized spacial score (nSPS) is 54.9. The van der Waals surface area contributed by atoms with Crippen LogP contribution in [0.25, 0.3) is 0 Å². The molecule has 11 nitrogen and oxygen atoms in total. The van der Waals surface area contributed by atoms with Crippen molar-refractivity contribution in [1.29, 1.82) is 0 Å². The van der Waals surface area contributed by atoms with Crippen LogP contribution in [0.2, 0.25) is 0 Å². The predicted molar refractivity (Wildman–Crippen MR) is 68.7 cm³/mol. The Balaban J connectivity index is 2.42. The molecule has 2 saturated heterocycles. The lowest BCUT2D eigenvalue weighted by Crippen LogP contribution is -2.82. The Bertz CT molecular complexity index is 418. The molecule has 2 aliphatic rings. The van der Waals surface area contributed by atoms with Crippen LogP contribution in [-0.4, -0.2) is 120 Å². The molecular weight excluding hydrogens is 320 g/mol. The molecule has 2 aliphatic heterocycles. The highest BCUT2D eigenvalue weighted by Gasteiger charge is 2.69. The average molecular weight is 342 g/mol. The summed E-state index contributed by atoms with van der Waals surface area (Å²) in [6.07, 6.45) is -13.3. The fourth-order valence-electron chi connectivity index (χ4n) is 3.09. The third-order valence-electron chi connectivity index (χ3n) is 4.61. The van der Waals surface area contributed by atoms with Crippen molar-refractivity contribution >= 4 is 0 Å². The van der Waals surface area contributed by atoms with Gasteiger partial charge in [0.15, 0.2) is 17.5 Å². The van der Waals surface area contributed by atoms with Gasteiger partial charge in [0, 0.05) is 0 Å². The second kappa shape index (κ2) is 6.46. The molecule has 2 heterocycles. The van der Waals surface area contributed by atoms with E-state index < -0.39 is 73.9 Å². The molecule has 9 atom stereocenters. The van der Waals surface area contributed by atoms with E-state index in [1.165, 1.54) is 0 Å². The van der Waals surface area contributed by atoms with E-state index in [1.807, 2.05) is 0 Å². The van der Waals surface area contributed by atoms with Gasteiger partial charge in [-0.05, 0) is 0 Å². The molecule has 0 aromatic rings. The zero-order valence-corrected chi connectivity index (χ0v) is 12.0. The van der Waals surface area contributed by atoms with Crippen LogP contribution < -0.4 is 0 Å². The van der Waals surface area contributed by atoms with E-state index >= 15 is 0 Å². The first-order chi connectivity index (χ1) is 10.6. The Morgan fingerprint density at radius 3 is 2.00 bits per heavy atom. The van der Waals surface area contributed by atoms with Gasteiger partial charge in [-0.15, -0.1) is 0 Å². The molecule has 0 aliphatic carbocycles. The monoisotopic (exact) mass is 342 g/mol. The summed E-state index contributed by atoms with van der Waals surface area (Å²) in [6.45, 7) is -2.53. The summed E-state index contributed by atoms with van der Waals surface area (Å²) in [7, 11) is 0. The van der Waals surface area contributed by atoms with Gasteiger partial charge in [-0.1, -0.05) is 0 Å². The largest absolute Gasteiger partial charge is 0.394 e. The number of hydrogen-bond acceptors (Lipinski definition) is 11. The number of aliphatic hydroxyl groups is 9. The lowest BCUT2D eigenvalue weighted by atomic mass is 9.67. The summed E-state index contributed by atoms with van der Waals surface area (Å²) in [6, 6.07) is 0. The molecule has 23 heavy (non-hydrogen) atoms. The minimum atomic E-state index is -2.89. The predicted octanol–water partition coefficient (Wildman–Crippen LogP) is -6.01. The fraction of sp³-hybridized carbons (Fsp3) is 1.00.